The summed E-state index contributed by atoms with van der Waals surface area (Å²) in [5, 5.41) is 4.88. The maximum Gasteiger partial charge on any atom is 0.266 e. The fourth-order valence-corrected chi connectivity index (χ4v) is 2.33. The number of benzene rings is 1. The minimum atomic E-state index is -0.806. The lowest BCUT2D eigenvalue weighted by Gasteiger charge is -2.12. The van der Waals surface area contributed by atoms with Crippen molar-refractivity contribution in [3.8, 4) is 0 Å². The summed E-state index contributed by atoms with van der Waals surface area (Å²) >= 11 is 0. The second-order valence-corrected chi connectivity index (χ2v) is 6.03. The van der Waals surface area contributed by atoms with Crippen LogP contribution in [0, 0.1) is 18.6 Å². The topological polar surface area (TPSA) is 93.1 Å². The first kappa shape index (κ1) is 17.7. The van der Waals surface area contributed by atoms with E-state index < -0.39 is 35.6 Å². The van der Waals surface area contributed by atoms with Crippen LogP contribution in [0.3, 0.4) is 0 Å². The summed E-state index contributed by atoms with van der Waals surface area (Å²) in [6.07, 6.45) is 2.89. The standard InChI is InChI=1S/C17H16F2N4O3/c1-9-20-7-12(16(25)21-11-3-4-11)17(26)23(9)8-15(24)22-14-6-10(18)2-5-13(14)19/h2,5-7,11H,3-4,8H2,1H3,(H,21,25)(H,22,24). The molecule has 2 aromatic rings. The molecule has 9 heteroatoms. The number of nitrogens with one attached hydrogen (secondary N) is 2. The second-order valence-electron chi connectivity index (χ2n) is 6.03. The van der Waals surface area contributed by atoms with Crippen LogP contribution in [-0.2, 0) is 11.3 Å². The van der Waals surface area contributed by atoms with Crippen molar-refractivity contribution in [3.05, 3.63) is 57.8 Å². The van der Waals surface area contributed by atoms with Crippen molar-refractivity contribution in [2.24, 2.45) is 0 Å². The number of carbonyl (C=O) groups is 2. The van der Waals surface area contributed by atoms with Crippen LogP contribution >= 0.6 is 0 Å². The van der Waals surface area contributed by atoms with Crippen molar-refractivity contribution in [1.29, 1.82) is 0 Å². The first-order chi connectivity index (χ1) is 12.3. The lowest BCUT2D eigenvalue weighted by Crippen LogP contribution is -2.37. The molecule has 0 aliphatic heterocycles. The van der Waals surface area contributed by atoms with E-state index in [2.05, 4.69) is 15.6 Å². The van der Waals surface area contributed by atoms with E-state index in [-0.39, 0.29) is 23.1 Å². The number of anilines is 1. The molecule has 0 unspecified atom stereocenters. The molecule has 1 aromatic carbocycles. The number of carbonyl (C=O) groups excluding carboxylic acids is 2. The van der Waals surface area contributed by atoms with Gasteiger partial charge >= 0.3 is 0 Å². The molecule has 0 bridgehead atoms. The molecule has 136 valence electrons. The highest BCUT2D eigenvalue weighted by Gasteiger charge is 2.26. The molecule has 26 heavy (non-hydrogen) atoms. The summed E-state index contributed by atoms with van der Waals surface area (Å²) in [5.74, 6) is -2.60. The van der Waals surface area contributed by atoms with E-state index in [9.17, 15) is 23.2 Å². The van der Waals surface area contributed by atoms with Crippen LogP contribution in [0.5, 0.6) is 0 Å². The predicted octanol–water partition coefficient (Wildman–Crippen LogP) is 1.36. The Hall–Kier alpha value is -3.10. The van der Waals surface area contributed by atoms with Crippen LogP contribution in [0.4, 0.5) is 14.5 Å². The third kappa shape index (κ3) is 3.93. The van der Waals surface area contributed by atoms with Gasteiger partial charge < -0.3 is 10.6 Å². The molecule has 1 aromatic heterocycles. The lowest BCUT2D eigenvalue weighted by atomic mass is 10.3. The highest BCUT2D eigenvalue weighted by atomic mass is 19.1. The Morgan fingerprint density at radius 2 is 2.04 bits per heavy atom. The summed E-state index contributed by atoms with van der Waals surface area (Å²) in [4.78, 5) is 40.7. The summed E-state index contributed by atoms with van der Waals surface area (Å²) in [6.45, 7) is 1.01. The number of amides is 2. The van der Waals surface area contributed by atoms with Gasteiger partial charge in [0.15, 0.2) is 0 Å². The van der Waals surface area contributed by atoms with E-state index in [1.165, 1.54) is 6.92 Å². The normalized spacial score (nSPS) is 13.3. The first-order valence-electron chi connectivity index (χ1n) is 7.97. The molecule has 1 heterocycles. The first-order valence-corrected chi connectivity index (χ1v) is 7.97. The summed E-state index contributed by atoms with van der Waals surface area (Å²) in [7, 11) is 0. The van der Waals surface area contributed by atoms with E-state index >= 15 is 0 Å². The van der Waals surface area contributed by atoms with Crippen LogP contribution < -0.4 is 16.2 Å². The minimum Gasteiger partial charge on any atom is -0.349 e. The molecule has 0 spiro atoms. The van der Waals surface area contributed by atoms with E-state index in [1.807, 2.05) is 0 Å². The van der Waals surface area contributed by atoms with Crippen molar-refractivity contribution in [2.45, 2.75) is 32.4 Å². The third-order valence-electron chi connectivity index (χ3n) is 3.91. The van der Waals surface area contributed by atoms with E-state index in [4.69, 9.17) is 0 Å². The van der Waals surface area contributed by atoms with Gasteiger partial charge in [0.2, 0.25) is 5.91 Å². The monoisotopic (exact) mass is 362 g/mol. The molecule has 7 nitrogen and oxygen atoms in total. The summed E-state index contributed by atoms with van der Waals surface area (Å²) in [6, 6.07) is 2.70. The number of hydrogen-bond acceptors (Lipinski definition) is 4. The van der Waals surface area contributed by atoms with Crippen LogP contribution in [0.25, 0.3) is 0 Å². The second kappa shape index (κ2) is 7.03. The third-order valence-corrected chi connectivity index (χ3v) is 3.91. The van der Waals surface area contributed by atoms with Gasteiger partial charge in [-0.25, -0.2) is 13.8 Å². The van der Waals surface area contributed by atoms with Gasteiger partial charge in [-0.3, -0.25) is 19.0 Å². The van der Waals surface area contributed by atoms with Crippen molar-refractivity contribution in [1.82, 2.24) is 14.9 Å². The van der Waals surface area contributed by atoms with Crippen LogP contribution in [0.2, 0.25) is 0 Å². The zero-order chi connectivity index (χ0) is 18.8. The summed E-state index contributed by atoms with van der Waals surface area (Å²) in [5.41, 5.74) is -1.19. The molecule has 0 saturated heterocycles. The number of aryl methyl sites for hydroxylation is 1. The zero-order valence-corrected chi connectivity index (χ0v) is 13.9. The molecule has 0 radical (unpaired) electrons. The van der Waals surface area contributed by atoms with E-state index in [1.54, 1.807) is 0 Å². The smallest absolute Gasteiger partial charge is 0.266 e. The Bertz CT molecular complexity index is 938. The van der Waals surface area contributed by atoms with Gasteiger partial charge in [-0.05, 0) is 31.9 Å². The van der Waals surface area contributed by atoms with Crippen molar-refractivity contribution >= 4 is 17.5 Å². The zero-order valence-electron chi connectivity index (χ0n) is 13.9. The Morgan fingerprint density at radius 1 is 1.31 bits per heavy atom. The molecule has 2 N–H and O–H groups in total. The lowest BCUT2D eigenvalue weighted by molar-refractivity contribution is -0.116. The number of nitrogens with zero attached hydrogens (tertiary/aromatic N) is 2. The van der Waals surface area contributed by atoms with Gasteiger partial charge in [0.1, 0.15) is 29.6 Å². The molecule has 1 aliphatic carbocycles. The Kier molecular flexibility index (Phi) is 4.79. The number of aromatic nitrogens is 2. The van der Waals surface area contributed by atoms with Gasteiger partial charge in [-0.2, -0.15) is 0 Å². The van der Waals surface area contributed by atoms with Crippen LogP contribution in [0.15, 0.2) is 29.2 Å². The van der Waals surface area contributed by atoms with Gasteiger partial charge in [0, 0.05) is 18.3 Å². The molecular formula is C17H16F2N4O3. The largest absolute Gasteiger partial charge is 0.349 e. The molecule has 0 atom stereocenters. The molecule has 3 rings (SSSR count). The predicted molar refractivity (Wildman–Crippen MR) is 88.7 cm³/mol. The quantitative estimate of drug-likeness (QED) is 0.840. The highest BCUT2D eigenvalue weighted by molar-refractivity contribution is 5.94. The maximum atomic E-state index is 13.6. The number of hydrogen-bond donors (Lipinski definition) is 2. The minimum absolute atomic E-state index is 0.0657. The van der Waals surface area contributed by atoms with Gasteiger partial charge in [0.25, 0.3) is 11.5 Å². The Labute approximate surface area is 147 Å². The Morgan fingerprint density at radius 3 is 2.73 bits per heavy atom. The fraction of sp³-hybridized carbons (Fsp3) is 0.294. The maximum absolute atomic E-state index is 13.6. The fourth-order valence-electron chi connectivity index (χ4n) is 2.33. The van der Waals surface area contributed by atoms with Crippen molar-refractivity contribution < 1.29 is 18.4 Å². The molecule has 1 saturated carbocycles. The summed E-state index contributed by atoms with van der Waals surface area (Å²) < 4.78 is 27.8. The van der Waals surface area contributed by atoms with Gasteiger partial charge in [0.05, 0.1) is 5.69 Å². The highest BCUT2D eigenvalue weighted by Crippen LogP contribution is 2.19. The van der Waals surface area contributed by atoms with Crippen molar-refractivity contribution in [2.75, 3.05) is 5.32 Å². The molecule has 1 fully saturated rings. The van der Waals surface area contributed by atoms with Crippen molar-refractivity contribution in [3.63, 3.8) is 0 Å². The Balaban J connectivity index is 1.80. The van der Waals surface area contributed by atoms with Gasteiger partial charge in [-0.15, -0.1) is 0 Å². The van der Waals surface area contributed by atoms with E-state index in [0.717, 1.165) is 41.8 Å². The number of rotatable bonds is 5. The number of halogens is 2. The SMILES string of the molecule is Cc1ncc(C(=O)NC2CC2)c(=O)n1CC(=O)Nc1cc(F)ccc1F. The average Bonchev–Trinajstić information content (AvgIpc) is 3.38. The molecule has 2 amide bonds. The average molecular weight is 362 g/mol. The van der Waals surface area contributed by atoms with Crippen LogP contribution in [0.1, 0.15) is 29.0 Å². The molecule has 1 aliphatic rings. The molecular weight excluding hydrogens is 346 g/mol. The van der Waals surface area contributed by atoms with Crippen LogP contribution in [-0.4, -0.2) is 27.4 Å². The van der Waals surface area contributed by atoms with Gasteiger partial charge in [-0.1, -0.05) is 0 Å². The van der Waals surface area contributed by atoms with E-state index in [0.29, 0.717) is 0 Å².